The SMILES string of the molecule is CNc1nc(-c2ccccc2OC)cc(-c2c(C)noc2C)n1. The number of hydrogen-bond acceptors (Lipinski definition) is 6. The Balaban J connectivity index is 2.21. The molecule has 0 saturated heterocycles. The molecule has 0 aliphatic carbocycles. The monoisotopic (exact) mass is 310 g/mol. The standard InChI is InChI=1S/C17H18N4O2/c1-10-16(11(2)23-21-10)14-9-13(19-17(18-3)20-14)12-7-5-6-8-15(12)22-4/h5-9H,1-4H3,(H,18,19,20). The molecule has 1 N–H and O–H groups in total. The summed E-state index contributed by atoms with van der Waals surface area (Å²) in [7, 11) is 3.44. The second-order valence-corrected chi connectivity index (χ2v) is 5.11. The van der Waals surface area contributed by atoms with E-state index < -0.39 is 0 Å². The molecule has 0 fully saturated rings. The maximum absolute atomic E-state index is 5.44. The van der Waals surface area contributed by atoms with Gasteiger partial charge in [0.2, 0.25) is 5.95 Å². The molecule has 3 rings (SSSR count). The van der Waals surface area contributed by atoms with Crippen LogP contribution in [-0.4, -0.2) is 29.3 Å². The molecular formula is C17H18N4O2. The first-order chi connectivity index (χ1) is 11.1. The van der Waals surface area contributed by atoms with Crippen LogP contribution in [0.3, 0.4) is 0 Å². The maximum atomic E-state index is 5.44. The Morgan fingerprint density at radius 2 is 1.83 bits per heavy atom. The van der Waals surface area contributed by atoms with Crippen molar-refractivity contribution in [3.63, 3.8) is 0 Å². The van der Waals surface area contributed by atoms with Crippen molar-refractivity contribution in [2.24, 2.45) is 0 Å². The molecule has 23 heavy (non-hydrogen) atoms. The predicted molar refractivity (Wildman–Crippen MR) is 88.5 cm³/mol. The van der Waals surface area contributed by atoms with Crippen molar-refractivity contribution in [2.75, 3.05) is 19.5 Å². The van der Waals surface area contributed by atoms with E-state index in [1.54, 1.807) is 14.2 Å². The fraction of sp³-hybridized carbons (Fsp3) is 0.235. The van der Waals surface area contributed by atoms with Crippen molar-refractivity contribution in [3.05, 3.63) is 41.8 Å². The summed E-state index contributed by atoms with van der Waals surface area (Å²) in [4.78, 5) is 9.08. The molecule has 118 valence electrons. The van der Waals surface area contributed by atoms with E-state index in [4.69, 9.17) is 9.26 Å². The van der Waals surface area contributed by atoms with E-state index in [9.17, 15) is 0 Å². The molecular weight excluding hydrogens is 292 g/mol. The van der Waals surface area contributed by atoms with Gasteiger partial charge in [-0.3, -0.25) is 0 Å². The summed E-state index contributed by atoms with van der Waals surface area (Å²) < 4.78 is 10.7. The lowest BCUT2D eigenvalue weighted by atomic mass is 10.1. The van der Waals surface area contributed by atoms with Crippen molar-refractivity contribution in [2.45, 2.75) is 13.8 Å². The van der Waals surface area contributed by atoms with Gasteiger partial charge in [0.25, 0.3) is 0 Å². The highest BCUT2D eigenvalue weighted by Gasteiger charge is 2.17. The highest BCUT2D eigenvalue weighted by atomic mass is 16.5. The van der Waals surface area contributed by atoms with Crippen LogP contribution >= 0.6 is 0 Å². The zero-order valence-corrected chi connectivity index (χ0v) is 13.5. The Morgan fingerprint density at radius 1 is 1.09 bits per heavy atom. The van der Waals surface area contributed by atoms with E-state index in [1.807, 2.05) is 44.2 Å². The van der Waals surface area contributed by atoms with Gasteiger partial charge < -0.3 is 14.6 Å². The summed E-state index contributed by atoms with van der Waals surface area (Å²) >= 11 is 0. The third kappa shape index (κ3) is 2.75. The van der Waals surface area contributed by atoms with Crippen LogP contribution in [0.15, 0.2) is 34.9 Å². The minimum Gasteiger partial charge on any atom is -0.496 e. The summed E-state index contributed by atoms with van der Waals surface area (Å²) in [5.74, 6) is 2.02. The predicted octanol–water partition coefficient (Wildman–Crippen LogP) is 3.47. The fourth-order valence-corrected chi connectivity index (χ4v) is 2.53. The van der Waals surface area contributed by atoms with Gasteiger partial charge >= 0.3 is 0 Å². The number of rotatable bonds is 4. The highest BCUT2D eigenvalue weighted by molar-refractivity contribution is 5.74. The Kier molecular flexibility index (Phi) is 3.97. The second kappa shape index (κ2) is 6.08. The summed E-state index contributed by atoms with van der Waals surface area (Å²) in [6.45, 7) is 3.77. The highest BCUT2D eigenvalue weighted by Crippen LogP contribution is 2.33. The molecule has 6 heteroatoms. The van der Waals surface area contributed by atoms with Gasteiger partial charge in [-0.2, -0.15) is 0 Å². The lowest BCUT2D eigenvalue weighted by Crippen LogP contribution is -2.01. The molecule has 0 amide bonds. The summed E-state index contributed by atoms with van der Waals surface area (Å²) in [6.07, 6.45) is 0. The van der Waals surface area contributed by atoms with Gasteiger partial charge in [-0.15, -0.1) is 0 Å². The normalized spacial score (nSPS) is 10.6. The lowest BCUT2D eigenvalue weighted by molar-refractivity contribution is 0.393. The van der Waals surface area contributed by atoms with Gasteiger partial charge in [-0.25, -0.2) is 9.97 Å². The smallest absolute Gasteiger partial charge is 0.223 e. The molecule has 6 nitrogen and oxygen atoms in total. The van der Waals surface area contributed by atoms with Crippen LogP contribution in [0.1, 0.15) is 11.5 Å². The quantitative estimate of drug-likeness (QED) is 0.795. The van der Waals surface area contributed by atoms with Gasteiger partial charge in [0, 0.05) is 12.6 Å². The van der Waals surface area contributed by atoms with Gasteiger partial charge in [0.1, 0.15) is 11.5 Å². The van der Waals surface area contributed by atoms with E-state index in [0.717, 1.165) is 39.7 Å². The van der Waals surface area contributed by atoms with Crippen LogP contribution < -0.4 is 10.1 Å². The number of nitrogens with zero attached hydrogens (tertiary/aromatic N) is 3. The first-order valence-corrected chi connectivity index (χ1v) is 7.27. The third-order valence-electron chi connectivity index (χ3n) is 3.62. The largest absolute Gasteiger partial charge is 0.496 e. The van der Waals surface area contributed by atoms with Crippen molar-refractivity contribution < 1.29 is 9.26 Å². The van der Waals surface area contributed by atoms with E-state index in [1.165, 1.54) is 0 Å². The molecule has 0 radical (unpaired) electrons. The first kappa shape index (κ1) is 15.0. The Labute approximate surface area is 134 Å². The van der Waals surface area contributed by atoms with Crippen LogP contribution in [0.2, 0.25) is 0 Å². The van der Waals surface area contributed by atoms with E-state index in [0.29, 0.717) is 5.95 Å². The Hall–Kier alpha value is -2.89. The molecule has 0 bridgehead atoms. The lowest BCUT2D eigenvalue weighted by Gasteiger charge is -2.10. The topological polar surface area (TPSA) is 73.1 Å². The van der Waals surface area contributed by atoms with Crippen molar-refractivity contribution >= 4 is 5.95 Å². The minimum atomic E-state index is 0.531. The molecule has 2 heterocycles. The number of hydrogen-bond donors (Lipinski definition) is 1. The number of aromatic nitrogens is 3. The fourth-order valence-electron chi connectivity index (χ4n) is 2.53. The number of methoxy groups -OCH3 is 1. The maximum Gasteiger partial charge on any atom is 0.223 e. The molecule has 0 aliphatic rings. The number of para-hydroxylation sites is 1. The molecule has 0 unspecified atom stereocenters. The molecule has 2 aromatic heterocycles. The number of benzene rings is 1. The number of nitrogens with one attached hydrogen (secondary N) is 1. The van der Waals surface area contributed by atoms with Crippen LogP contribution in [0.5, 0.6) is 5.75 Å². The number of ether oxygens (including phenoxy) is 1. The van der Waals surface area contributed by atoms with Crippen LogP contribution in [0.25, 0.3) is 22.5 Å². The summed E-state index contributed by atoms with van der Waals surface area (Å²) in [5.41, 5.74) is 4.13. The van der Waals surface area contributed by atoms with Crippen molar-refractivity contribution in [1.29, 1.82) is 0 Å². The second-order valence-electron chi connectivity index (χ2n) is 5.11. The summed E-state index contributed by atoms with van der Waals surface area (Å²) in [6, 6.07) is 9.68. The van der Waals surface area contributed by atoms with Gasteiger partial charge in [-0.1, -0.05) is 17.3 Å². The Bertz CT molecular complexity index is 823. The van der Waals surface area contributed by atoms with Gasteiger partial charge in [-0.05, 0) is 32.0 Å². The van der Waals surface area contributed by atoms with Gasteiger partial charge in [0.15, 0.2) is 0 Å². The molecule has 0 atom stereocenters. The van der Waals surface area contributed by atoms with Crippen molar-refractivity contribution in [1.82, 2.24) is 15.1 Å². The zero-order chi connectivity index (χ0) is 16.4. The minimum absolute atomic E-state index is 0.531. The third-order valence-corrected chi connectivity index (χ3v) is 3.62. The van der Waals surface area contributed by atoms with Crippen LogP contribution in [-0.2, 0) is 0 Å². The van der Waals surface area contributed by atoms with Crippen LogP contribution in [0, 0.1) is 13.8 Å². The van der Waals surface area contributed by atoms with Gasteiger partial charge in [0.05, 0.1) is 29.8 Å². The molecule has 0 saturated carbocycles. The van der Waals surface area contributed by atoms with Crippen molar-refractivity contribution in [3.8, 4) is 28.3 Å². The zero-order valence-electron chi connectivity index (χ0n) is 13.5. The van der Waals surface area contributed by atoms with E-state index in [-0.39, 0.29) is 0 Å². The molecule has 0 spiro atoms. The Morgan fingerprint density at radius 3 is 2.48 bits per heavy atom. The average Bonchev–Trinajstić information content (AvgIpc) is 2.93. The first-order valence-electron chi connectivity index (χ1n) is 7.27. The molecule has 3 aromatic rings. The van der Waals surface area contributed by atoms with E-state index >= 15 is 0 Å². The average molecular weight is 310 g/mol. The number of aryl methyl sites for hydroxylation is 2. The molecule has 0 aliphatic heterocycles. The van der Waals surface area contributed by atoms with E-state index in [2.05, 4.69) is 20.4 Å². The summed E-state index contributed by atoms with van der Waals surface area (Å²) in [5, 5.41) is 7.01. The molecule has 1 aromatic carbocycles. The number of anilines is 1. The van der Waals surface area contributed by atoms with Crippen LogP contribution in [0.4, 0.5) is 5.95 Å².